The van der Waals surface area contributed by atoms with Crippen molar-refractivity contribution in [2.24, 2.45) is 5.73 Å². The zero-order chi connectivity index (χ0) is 98.3. The fourth-order valence-corrected chi connectivity index (χ4v) is 18.6. The number of alkyl halides is 6. The number of nitrogens with one attached hydrogen (secondary N) is 5. The maximum Gasteiger partial charge on any atom is 0.573 e. The number of hydrogen-bond donors (Lipinski definition) is 6. The predicted molar refractivity (Wildman–Crippen MR) is 526 cm³/mol. The van der Waals surface area contributed by atoms with Crippen LogP contribution in [-0.2, 0) is 81.6 Å². The predicted octanol–water partition coefficient (Wildman–Crippen LogP) is 20.6. The molecule has 0 bridgehead atoms. The van der Waals surface area contributed by atoms with Crippen LogP contribution >= 0.6 is 56.7 Å². The summed E-state index contributed by atoms with van der Waals surface area (Å²) in [6, 6.07) is 73.1. The third kappa shape index (κ3) is 31.0. The van der Waals surface area contributed by atoms with Crippen molar-refractivity contribution < 1.29 is 59.8 Å². The van der Waals surface area contributed by atoms with Crippen LogP contribution in [0.5, 0.6) is 11.5 Å². The highest BCUT2D eigenvalue weighted by Gasteiger charge is 2.34. The maximum atomic E-state index is 13.2. The van der Waals surface area contributed by atoms with Crippen molar-refractivity contribution in [3.8, 4) is 76.7 Å². The number of rotatable bonds is 30. The SMILES string of the molecule is C#Cc1ccc(CC(NC(C)=O)c2nnc(-c3ccc(OC(F)(F)F)cc3)s2)cc1.CC(=O)NC(Cc1ccc(CN)cc1)c1nnc(-c2ccnc3ccccc23)s1.CC(=O)NC(Cc1ccccc1)c1nnc(-c2ccccc2)s1.CCc1ccc(CC(NC(C)=O)c2nnc(-c3cc(OC)cc(C(F)(F)F)c3)s2)cc1.CCc1cccc(CC(NC(C)=O)c2nnc(-c3cccnc3)s2)c1. The van der Waals surface area contributed by atoms with Crippen LogP contribution in [0.4, 0.5) is 26.3 Å². The van der Waals surface area contributed by atoms with Crippen molar-refractivity contribution in [3.63, 3.8) is 0 Å². The van der Waals surface area contributed by atoms with Gasteiger partial charge < -0.3 is 41.8 Å². The number of halogens is 6. The van der Waals surface area contributed by atoms with E-state index in [4.69, 9.17) is 16.9 Å². The van der Waals surface area contributed by atoms with Gasteiger partial charge in [0.25, 0.3) is 0 Å². The van der Waals surface area contributed by atoms with Crippen LogP contribution < -0.4 is 41.8 Å². The number of aromatic nitrogens is 12. The van der Waals surface area contributed by atoms with Gasteiger partial charge in [0.15, 0.2) is 0 Å². The Morgan fingerprint density at radius 3 is 1.22 bits per heavy atom. The molecule has 0 fully saturated rings. The number of carbonyl (C=O) groups excluding carboxylic acids is 5. The molecule has 16 rings (SSSR count). The standard InChI is InChI=1S/C22H22F3N3O2S.C22H21N5OS.C21H16F3N3O2S.C19H20N4OS.C18H17N3OS/c1-4-14-5-7-15(8-6-14)9-19(26-13(2)29)21-28-27-20(31-21)16-10-17(22(23,24)25)12-18(11-16)30-3;1-14(28)25-20(12-15-6-8-16(13-23)9-7-15)22-27-26-21(29-22)18-10-11-24-19-5-3-2-4-17(18)19;1-3-14-4-6-15(7-5-14)12-18(25-13(2)28)20-27-26-19(30-20)16-8-10-17(11-9-16)29-21(22,23)24;1-3-14-6-4-7-15(10-14)11-17(21-13(2)24)19-23-22-18(25-19)16-8-5-9-20-12-16;1-13(22)19-16(12-14-8-4-2-5-9-14)18-21-20-17(23-18)15-10-6-3-7-11-15/h5-8,10-12,19H,4,9H2,1-3H3,(H,26,29);2-11,20H,12-13,23H2,1H3,(H,25,28);1,4-11,18H,12H2,2H3,(H,25,28);4-10,12,17H,3,11H2,1-2H3,(H,21,24);2-11,16H,12H2,1H3,(H,19,22). The van der Waals surface area contributed by atoms with Crippen LogP contribution in [0.2, 0.25) is 0 Å². The number of nitrogens with two attached hydrogens (primary N) is 1. The van der Waals surface area contributed by atoms with Gasteiger partial charge in [-0.2, -0.15) is 13.2 Å². The van der Waals surface area contributed by atoms with E-state index in [-0.39, 0.29) is 64.7 Å². The Hall–Kier alpha value is -14.6. The summed E-state index contributed by atoms with van der Waals surface area (Å²) in [6.07, 6.45) is 6.29. The second kappa shape index (κ2) is 49.8. The molecule has 25 nitrogen and oxygen atoms in total. The lowest BCUT2D eigenvalue weighted by atomic mass is 10.0. The maximum absolute atomic E-state index is 13.2. The number of carbonyl (C=O) groups is 5. The normalized spacial score (nSPS) is 12.1. The zero-order valence-corrected chi connectivity index (χ0v) is 80.1. The molecular formula is C102H96F6N18O7S5. The molecule has 16 aromatic rings. The fourth-order valence-electron chi connectivity index (χ4n) is 14.1. The summed E-state index contributed by atoms with van der Waals surface area (Å²) in [5.74, 6) is 1.63. The molecule has 36 heteroatoms. The van der Waals surface area contributed by atoms with Gasteiger partial charge in [-0.15, -0.1) is 70.6 Å². The van der Waals surface area contributed by atoms with Gasteiger partial charge in [-0.3, -0.25) is 33.9 Å². The molecule has 0 saturated heterocycles. The average molecular weight is 1960 g/mol. The van der Waals surface area contributed by atoms with Crippen molar-refractivity contribution in [1.82, 2.24) is 87.5 Å². The van der Waals surface area contributed by atoms with E-state index < -0.39 is 30.2 Å². The smallest absolute Gasteiger partial charge is 0.497 e. The Morgan fingerprint density at radius 2 is 0.775 bits per heavy atom. The number of pyridine rings is 2. The number of methoxy groups -OCH3 is 1. The second-order valence-corrected chi connectivity index (χ2v) is 36.3. The Bertz CT molecular complexity index is 6720. The molecule has 7 heterocycles. The van der Waals surface area contributed by atoms with E-state index in [0.29, 0.717) is 64.2 Å². The number of ether oxygens (including phenoxy) is 2. The Labute approximate surface area is 813 Å². The van der Waals surface area contributed by atoms with E-state index in [0.717, 1.165) is 127 Å². The first kappa shape index (κ1) is 102. The Kier molecular flexibility index (Phi) is 36.9. The lowest BCUT2D eigenvalue weighted by molar-refractivity contribution is -0.274. The van der Waals surface area contributed by atoms with E-state index >= 15 is 0 Å². The first-order chi connectivity index (χ1) is 66.4. The van der Waals surface area contributed by atoms with Gasteiger partial charge in [0.2, 0.25) is 29.5 Å². The number of fused-ring (bicyclic) bond motifs is 1. The molecule has 7 N–H and O–H groups in total. The van der Waals surface area contributed by atoms with Crippen LogP contribution in [0.15, 0.2) is 261 Å². The van der Waals surface area contributed by atoms with Crippen LogP contribution in [0.3, 0.4) is 0 Å². The van der Waals surface area contributed by atoms with Gasteiger partial charge in [0, 0.05) is 98.5 Å². The molecule has 5 amide bonds. The molecule has 138 heavy (non-hydrogen) atoms. The third-order valence-electron chi connectivity index (χ3n) is 20.7. The number of terminal acetylenes is 1. The van der Waals surface area contributed by atoms with Crippen molar-refractivity contribution in [3.05, 3.63) is 342 Å². The lowest BCUT2D eigenvalue weighted by Gasteiger charge is -2.15. The minimum Gasteiger partial charge on any atom is -0.497 e. The molecule has 0 saturated carbocycles. The van der Waals surface area contributed by atoms with Crippen LogP contribution in [0.25, 0.3) is 63.8 Å². The van der Waals surface area contributed by atoms with E-state index in [2.05, 4.69) is 136 Å². The molecule has 708 valence electrons. The molecule has 0 aliphatic carbocycles. The molecule has 5 unspecified atom stereocenters. The third-order valence-corrected chi connectivity index (χ3v) is 26.1. The first-order valence-corrected chi connectivity index (χ1v) is 47.5. The van der Waals surface area contributed by atoms with E-state index in [1.54, 1.807) is 18.6 Å². The molecule has 0 aliphatic heterocycles. The topological polar surface area (TPSA) is 345 Å². The number of amides is 5. The fraction of sp³-hybridized carbons (Fsp3) is 0.225. The molecule has 5 atom stereocenters. The highest BCUT2D eigenvalue weighted by Crippen LogP contribution is 2.40. The Morgan fingerprint density at radius 1 is 0.384 bits per heavy atom. The largest absolute Gasteiger partial charge is 0.573 e. The van der Waals surface area contributed by atoms with E-state index in [1.165, 1.54) is 134 Å². The average Bonchev–Trinajstić information content (AvgIpc) is 1.56. The van der Waals surface area contributed by atoms with Gasteiger partial charge >= 0.3 is 12.5 Å². The molecule has 7 aromatic heterocycles. The van der Waals surface area contributed by atoms with Gasteiger partial charge in [-0.05, 0) is 168 Å². The number of nitrogens with zero attached hydrogens (tertiary/aromatic N) is 12. The summed E-state index contributed by atoms with van der Waals surface area (Å²) < 4.78 is 85.5. The van der Waals surface area contributed by atoms with Gasteiger partial charge in [-0.25, -0.2) is 0 Å². The van der Waals surface area contributed by atoms with Crippen molar-refractivity contribution in [1.29, 1.82) is 0 Å². The monoisotopic (exact) mass is 1960 g/mol. The summed E-state index contributed by atoms with van der Waals surface area (Å²) in [6.45, 7) is 12.1. The Balaban J connectivity index is 0.000000155. The van der Waals surface area contributed by atoms with Crippen molar-refractivity contribution >= 4 is 97.1 Å². The van der Waals surface area contributed by atoms with Gasteiger partial charge in [0.05, 0.1) is 48.4 Å². The van der Waals surface area contributed by atoms with Crippen LogP contribution in [0, 0.1) is 12.3 Å². The highest BCUT2D eigenvalue weighted by atomic mass is 32.1. The first-order valence-electron chi connectivity index (χ1n) is 43.4. The number of aryl methyl sites for hydroxylation is 2. The summed E-state index contributed by atoms with van der Waals surface area (Å²) >= 11 is 6.89. The lowest BCUT2D eigenvalue weighted by Crippen LogP contribution is -2.27. The van der Waals surface area contributed by atoms with E-state index in [1.807, 2.05) is 176 Å². The summed E-state index contributed by atoms with van der Waals surface area (Å²) in [5.41, 5.74) is 19.3. The quantitative estimate of drug-likeness (QED) is 0.0180. The zero-order valence-electron chi connectivity index (χ0n) is 76.1. The van der Waals surface area contributed by atoms with Crippen LogP contribution in [-0.4, -0.2) is 104 Å². The van der Waals surface area contributed by atoms with Crippen molar-refractivity contribution in [2.45, 2.75) is 143 Å². The molecule has 0 spiro atoms. The molecule has 9 aromatic carbocycles. The summed E-state index contributed by atoms with van der Waals surface area (Å²) in [5, 5.41) is 65.0. The number of benzene rings is 9. The molecule has 0 radical (unpaired) electrons. The van der Waals surface area contributed by atoms with Crippen LogP contribution in [0.1, 0.15) is 159 Å². The van der Waals surface area contributed by atoms with Gasteiger partial charge in [-0.1, -0.05) is 240 Å². The number of para-hydroxylation sites is 1. The minimum atomic E-state index is -4.75. The number of hydrogen-bond acceptors (Lipinski definition) is 25. The van der Waals surface area contributed by atoms with Gasteiger partial charge in [0.1, 0.15) is 61.6 Å². The summed E-state index contributed by atoms with van der Waals surface area (Å²) in [4.78, 5) is 66.9. The summed E-state index contributed by atoms with van der Waals surface area (Å²) in [7, 11) is 1.31. The minimum absolute atomic E-state index is 0.0672. The highest BCUT2D eigenvalue weighted by molar-refractivity contribution is 7.16. The molecular weight excluding hydrogens is 1860 g/mol. The van der Waals surface area contributed by atoms with E-state index in [9.17, 15) is 50.3 Å². The molecule has 0 aliphatic rings. The second-order valence-electron chi connectivity index (χ2n) is 31.2. The van der Waals surface area contributed by atoms with Crippen molar-refractivity contribution in [2.75, 3.05) is 7.11 Å².